The molecule has 16 heavy (non-hydrogen) atoms. The van der Waals surface area contributed by atoms with Crippen molar-refractivity contribution in [2.75, 3.05) is 0 Å². The van der Waals surface area contributed by atoms with Gasteiger partial charge in [0.15, 0.2) is 0 Å². The number of nitrogens with zero attached hydrogens (tertiary/aromatic N) is 1. The van der Waals surface area contributed by atoms with E-state index in [9.17, 15) is 10.1 Å². The van der Waals surface area contributed by atoms with Gasteiger partial charge in [-0.3, -0.25) is 10.1 Å². The van der Waals surface area contributed by atoms with Crippen LogP contribution in [0.1, 0.15) is 31.4 Å². The molecule has 1 rings (SSSR count). The number of hydrogen-bond donors (Lipinski definition) is 1. The van der Waals surface area contributed by atoms with Crippen LogP contribution in [0.25, 0.3) is 0 Å². The first kappa shape index (κ1) is 15.2. The molecule has 0 amide bonds. The molecule has 0 heterocycles. The third kappa shape index (κ3) is 3.63. The molecule has 0 spiro atoms. The Bertz CT molecular complexity index is 372. The summed E-state index contributed by atoms with van der Waals surface area (Å²) in [6.45, 7) is 1.98. The van der Waals surface area contributed by atoms with Crippen molar-refractivity contribution in [3.05, 3.63) is 38.9 Å². The van der Waals surface area contributed by atoms with Crippen LogP contribution in [-0.4, -0.2) is 4.92 Å². The lowest BCUT2D eigenvalue weighted by atomic mass is 10.0. The standard InChI is InChI=1S/C10H13ClN2O2.ClH/c1-2-3-9(12)8-6-7(11)4-5-10(8)13(14)15;/h4-6,9H,2-3,12H2,1H3;1H/t9-;/m1./s1. The molecule has 1 atom stereocenters. The van der Waals surface area contributed by atoms with Gasteiger partial charge < -0.3 is 5.73 Å². The van der Waals surface area contributed by atoms with Crippen LogP contribution in [-0.2, 0) is 0 Å². The van der Waals surface area contributed by atoms with Crippen molar-refractivity contribution in [3.8, 4) is 0 Å². The summed E-state index contributed by atoms with van der Waals surface area (Å²) in [6, 6.07) is 4.14. The van der Waals surface area contributed by atoms with Gasteiger partial charge in [0.1, 0.15) is 0 Å². The van der Waals surface area contributed by atoms with Crippen LogP contribution in [0.3, 0.4) is 0 Å². The molecule has 0 aromatic heterocycles. The molecule has 90 valence electrons. The van der Waals surface area contributed by atoms with Gasteiger partial charge in [-0.15, -0.1) is 12.4 Å². The minimum absolute atomic E-state index is 0. The molecule has 0 aliphatic carbocycles. The fourth-order valence-corrected chi connectivity index (χ4v) is 1.64. The monoisotopic (exact) mass is 264 g/mol. The summed E-state index contributed by atoms with van der Waals surface area (Å²) in [5.41, 5.74) is 6.40. The molecule has 0 aliphatic rings. The third-order valence-corrected chi connectivity index (χ3v) is 2.42. The number of nitro benzene ring substituents is 1. The zero-order valence-corrected chi connectivity index (χ0v) is 10.4. The lowest BCUT2D eigenvalue weighted by Crippen LogP contribution is -2.12. The van der Waals surface area contributed by atoms with Crippen molar-refractivity contribution in [1.82, 2.24) is 0 Å². The maximum Gasteiger partial charge on any atom is 0.274 e. The van der Waals surface area contributed by atoms with E-state index >= 15 is 0 Å². The zero-order chi connectivity index (χ0) is 11.4. The number of rotatable bonds is 4. The highest BCUT2D eigenvalue weighted by Gasteiger charge is 2.18. The van der Waals surface area contributed by atoms with Gasteiger partial charge >= 0.3 is 0 Å². The summed E-state index contributed by atoms with van der Waals surface area (Å²) in [4.78, 5) is 10.3. The highest BCUT2D eigenvalue weighted by molar-refractivity contribution is 6.30. The van der Waals surface area contributed by atoms with Gasteiger partial charge in [0.25, 0.3) is 5.69 Å². The van der Waals surface area contributed by atoms with E-state index < -0.39 is 4.92 Å². The van der Waals surface area contributed by atoms with Crippen LogP contribution in [0.4, 0.5) is 5.69 Å². The van der Waals surface area contributed by atoms with Crippen LogP contribution >= 0.6 is 24.0 Å². The van der Waals surface area contributed by atoms with Gasteiger partial charge in [-0.1, -0.05) is 24.9 Å². The fraction of sp³-hybridized carbons (Fsp3) is 0.400. The van der Waals surface area contributed by atoms with Crippen LogP contribution in [0.15, 0.2) is 18.2 Å². The molecule has 0 radical (unpaired) electrons. The second kappa shape index (κ2) is 6.68. The third-order valence-electron chi connectivity index (χ3n) is 2.19. The minimum atomic E-state index is -0.429. The fourth-order valence-electron chi connectivity index (χ4n) is 1.46. The Morgan fingerprint density at radius 1 is 1.56 bits per heavy atom. The van der Waals surface area contributed by atoms with E-state index in [4.69, 9.17) is 17.3 Å². The molecule has 0 saturated carbocycles. The maximum absolute atomic E-state index is 10.7. The normalized spacial score (nSPS) is 11.7. The van der Waals surface area contributed by atoms with Crippen molar-refractivity contribution in [1.29, 1.82) is 0 Å². The summed E-state index contributed by atoms with van der Waals surface area (Å²) < 4.78 is 0. The van der Waals surface area contributed by atoms with Crippen LogP contribution < -0.4 is 5.73 Å². The highest BCUT2D eigenvalue weighted by atomic mass is 35.5. The zero-order valence-electron chi connectivity index (χ0n) is 8.85. The molecule has 0 unspecified atom stereocenters. The molecular weight excluding hydrogens is 251 g/mol. The summed E-state index contributed by atoms with van der Waals surface area (Å²) in [5, 5.41) is 11.2. The summed E-state index contributed by atoms with van der Waals surface area (Å²) in [5.74, 6) is 0. The van der Waals surface area contributed by atoms with Crippen LogP contribution in [0, 0.1) is 10.1 Å². The quantitative estimate of drug-likeness (QED) is 0.669. The number of nitrogens with two attached hydrogens (primary N) is 1. The second-order valence-corrected chi connectivity index (χ2v) is 3.79. The largest absolute Gasteiger partial charge is 0.324 e. The van der Waals surface area contributed by atoms with E-state index in [1.165, 1.54) is 12.1 Å². The molecule has 6 heteroatoms. The Balaban J connectivity index is 0.00000225. The predicted molar refractivity (Wildman–Crippen MR) is 67.2 cm³/mol. The van der Waals surface area contributed by atoms with E-state index in [1.807, 2.05) is 6.92 Å². The molecule has 0 fully saturated rings. The summed E-state index contributed by atoms with van der Waals surface area (Å²) in [7, 11) is 0. The Kier molecular flexibility index (Phi) is 6.33. The summed E-state index contributed by atoms with van der Waals surface area (Å²) >= 11 is 5.79. The molecule has 0 bridgehead atoms. The second-order valence-electron chi connectivity index (χ2n) is 3.36. The molecule has 1 aromatic rings. The van der Waals surface area contributed by atoms with E-state index in [0.29, 0.717) is 17.0 Å². The molecule has 2 N–H and O–H groups in total. The number of benzene rings is 1. The lowest BCUT2D eigenvalue weighted by molar-refractivity contribution is -0.385. The number of halogens is 2. The number of hydrogen-bond acceptors (Lipinski definition) is 3. The first-order valence-corrected chi connectivity index (χ1v) is 5.13. The van der Waals surface area contributed by atoms with E-state index in [1.54, 1.807) is 6.07 Å². The Morgan fingerprint density at radius 2 is 2.19 bits per heavy atom. The van der Waals surface area contributed by atoms with Gasteiger partial charge in [0.05, 0.1) is 4.92 Å². The Morgan fingerprint density at radius 3 is 2.69 bits per heavy atom. The van der Waals surface area contributed by atoms with Crippen molar-refractivity contribution in [2.45, 2.75) is 25.8 Å². The van der Waals surface area contributed by atoms with Crippen LogP contribution in [0.5, 0.6) is 0 Å². The van der Waals surface area contributed by atoms with E-state index in [0.717, 1.165) is 6.42 Å². The van der Waals surface area contributed by atoms with Gasteiger partial charge in [-0.25, -0.2) is 0 Å². The topological polar surface area (TPSA) is 69.2 Å². The average Bonchev–Trinajstić information content (AvgIpc) is 2.17. The van der Waals surface area contributed by atoms with Crippen molar-refractivity contribution in [2.24, 2.45) is 5.73 Å². The lowest BCUT2D eigenvalue weighted by Gasteiger charge is -2.11. The summed E-state index contributed by atoms with van der Waals surface area (Å²) in [6.07, 6.45) is 1.59. The van der Waals surface area contributed by atoms with E-state index in [2.05, 4.69) is 0 Å². The smallest absolute Gasteiger partial charge is 0.274 e. The van der Waals surface area contributed by atoms with Gasteiger partial charge in [0.2, 0.25) is 0 Å². The molecular formula is C10H14Cl2N2O2. The predicted octanol–water partition coefficient (Wildman–Crippen LogP) is 3.47. The first-order chi connectivity index (χ1) is 7.06. The van der Waals surface area contributed by atoms with Crippen molar-refractivity contribution in [3.63, 3.8) is 0 Å². The SMILES string of the molecule is CCC[C@@H](N)c1cc(Cl)ccc1[N+](=O)[O-].Cl. The van der Waals surface area contributed by atoms with Gasteiger partial charge in [-0.2, -0.15) is 0 Å². The van der Waals surface area contributed by atoms with Crippen molar-refractivity contribution >= 4 is 29.7 Å². The average molecular weight is 265 g/mol. The molecule has 1 aromatic carbocycles. The van der Waals surface area contributed by atoms with Gasteiger partial charge in [0, 0.05) is 22.7 Å². The van der Waals surface area contributed by atoms with Crippen molar-refractivity contribution < 1.29 is 4.92 Å². The van der Waals surface area contributed by atoms with Crippen LogP contribution in [0.2, 0.25) is 5.02 Å². The highest BCUT2D eigenvalue weighted by Crippen LogP contribution is 2.29. The number of nitro groups is 1. The Hall–Kier alpha value is -0.840. The van der Waals surface area contributed by atoms with Gasteiger partial charge in [-0.05, 0) is 18.6 Å². The molecule has 4 nitrogen and oxygen atoms in total. The maximum atomic E-state index is 10.7. The first-order valence-electron chi connectivity index (χ1n) is 4.75. The molecule has 0 aliphatic heterocycles. The minimum Gasteiger partial charge on any atom is -0.324 e. The van der Waals surface area contributed by atoms with E-state index in [-0.39, 0.29) is 24.1 Å². The Labute approximate surface area is 105 Å². The molecule has 0 saturated heterocycles.